The summed E-state index contributed by atoms with van der Waals surface area (Å²) in [5, 5.41) is 2.87. The second-order valence-electron chi connectivity index (χ2n) is 4.81. The van der Waals surface area contributed by atoms with Crippen molar-refractivity contribution in [2.75, 3.05) is 40.8 Å². The Kier molecular flexibility index (Phi) is 5.53. The number of methoxy groups -OCH3 is 4. The van der Waals surface area contributed by atoms with Crippen LogP contribution >= 0.6 is 0 Å². The number of carbonyl (C=O) groups is 2. The highest BCUT2D eigenvalue weighted by molar-refractivity contribution is 6.08. The zero-order chi connectivity index (χ0) is 18.6. The van der Waals surface area contributed by atoms with E-state index < -0.39 is 11.9 Å². The zero-order valence-corrected chi connectivity index (χ0v) is 14.6. The molecule has 0 saturated heterocycles. The molecule has 134 valence electrons. The second kappa shape index (κ2) is 7.61. The number of carbonyl (C=O) groups excluding carboxylic acids is 2. The van der Waals surface area contributed by atoms with Gasteiger partial charge in [-0.25, -0.2) is 9.59 Å². The summed E-state index contributed by atoms with van der Waals surface area (Å²) >= 11 is 0. The first-order valence-electron chi connectivity index (χ1n) is 7.25. The van der Waals surface area contributed by atoms with Crippen LogP contribution in [-0.4, -0.2) is 47.4 Å². The van der Waals surface area contributed by atoms with Crippen LogP contribution in [0.3, 0.4) is 0 Å². The van der Waals surface area contributed by atoms with Crippen LogP contribution in [0.15, 0.2) is 22.6 Å². The molecule has 0 saturated carbocycles. The van der Waals surface area contributed by atoms with E-state index >= 15 is 0 Å². The highest BCUT2D eigenvalue weighted by atomic mass is 16.5. The van der Waals surface area contributed by atoms with Gasteiger partial charge in [-0.15, -0.1) is 0 Å². The van der Waals surface area contributed by atoms with Gasteiger partial charge in [0.25, 0.3) is 0 Å². The van der Waals surface area contributed by atoms with Gasteiger partial charge in [0.1, 0.15) is 5.56 Å². The van der Waals surface area contributed by atoms with E-state index in [-0.39, 0.29) is 17.1 Å². The average Bonchev–Trinajstić information content (AvgIpc) is 3.05. The molecule has 1 aromatic carbocycles. The summed E-state index contributed by atoms with van der Waals surface area (Å²) in [6.45, 7) is 0. The van der Waals surface area contributed by atoms with Crippen molar-refractivity contribution in [3.05, 3.63) is 29.5 Å². The molecule has 8 heteroatoms. The Bertz CT molecular complexity index is 795. The van der Waals surface area contributed by atoms with Gasteiger partial charge in [-0.3, -0.25) is 0 Å². The van der Waals surface area contributed by atoms with Gasteiger partial charge >= 0.3 is 11.9 Å². The van der Waals surface area contributed by atoms with Gasteiger partial charge < -0.3 is 28.7 Å². The normalized spacial score (nSPS) is 10.1. The molecule has 0 aliphatic heterocycles. The third-order valence-corrected chi connectivity index (χ3v) is 3.56. The molecule has 0 spiro atoms. The van der Waals surface area contributed by atoms with E-state index in [2.05, 4.69) is 10.1 Å². The van der Waals surface area contributed by atoms with Gasteiger partial charge in [-0.2, -0.15) is 0 Å². The Morgan fingerprint density at radius 2 is 1.60 bits per heavy atom. The number of nitrogens with one attached hydrogen (secondary N) is 1. The maximum absolute atomic E-state index is 12.1. The van der Waals surface area contributed by atoms with Gasteiger partial charge in [0.2, 0.25) is 5.76 Å². The van der Waals surface area contributed by atoms with Crippen LogP contribution in [-0.2, 0) is 9.47 Å². The number of hydrogen-bond acceptors (Lipinski definition) is 8. The lowest BCUT2D eigenvalue weighted by atomic mass is 10.1. The molecular weight excluding hydrogens is 330 g/mol. The molecule has 0 amide bonds. The molecule has 8 nitrogen and oxygen atoms in total. The van der Waals surface area contributed by atoms with E-state index in [4.69, 9.17) is 18.6 Å². The number of rotatable bonds is 6. The van der Waals surface area contributed by atoms with Gasteiger partial charge in [0.05, 0.1) is 34.1 Å². The lowest BCUT2D eigenvalue weighted by molar-refractivity contribution is 0.0529. The van der Waals surface area contributed by atoms with Crippen LogP contribution in [0.4, 0.5) is 5.69 Å². The summed E-state index contributed by atoms with van der Waals surface area (Å²) in [4.78, 5) is 24.1. The molecule has 1 aromatic heterocycles. The number of hydrogen-bond donors (Lipinski definition) is 1. The maximum atomic E-state index is 12.1. The van der Waals surface area contributed by atoms with Crippen LogP contribution in [0.5, 0.6) is 11.5 Å². The first kappa shape index (κ1) is 18.2. The summed E-state index contributed by atoms with van der Waals surface area (Å²) in [6, 6.07) is 5.07. The van der Waals surface area contributed by atoms with Crippen molar-refractivity contribution in [2.24, 2.45) is 0 Å². The molecule has 25 heavy (non-hydrogen) atoms. The quantitative estimate of drug-likeness (QED) is 0.795. The third-order valence-electron chi connectivity index (χ3n) is 3.56. The molecule has 0 aliphatic rings. The molecule has 0 fully saturated rings. The lowest BCUT2D eigenvalue weighted by Crippen LogP contribution is -2.11. The predicted octanol–water partition coefficient (Wildman–Crippen LogP) is 2.58. The smallest absolute Gasteiger partial charge is 0.374 e. The first-order chi connectivity index (χ1) is 12.0. The highest BCUT2D eigenvalue weighted by Gasteiger charge is 2.31. The summed E-state index contributed by atoms with van der Waals surface area (Å²) in [6.07, 6.45) is 0. The fourth-order valence-electron chi connectivity index (χ4n) is 2.38. The predicted molar refractivity (Wildman–Crippen MR) is 89.5 cm³/mol. The minimum atomic E-state index is -0.788. The molecule has 1 N–H and O–H groups in total. The van der Waals surface area contributed by atoms with Crippen LogP contribution < -0.4 is 14.8 Å². The highest BCUT2D eigenvalue weighted by Crippen LogP contribution is 2.40. The lowest BCUT2D eigenvalue weighted by Gasteiger charge is -2.09. The van der Waals surface area contributed by atoms with Crippen LogP contribution in [0.1, 0.15) is 20.9 Å². The van der Waals surface area contributed by atoms with Gasteiger partial charge in [0.15, 0.2) is 17.3 Å². The average molecular weight is 349 g/mol. The van der Waals surface area contributed by atoms with Crippen LogP contribution in [0.2, 0.25) is 0 Å². The molecule has 0 unspecified atom stereocenters. The molecule has 1 heterocycles. The minimum absolute atomic E-state index is 0.0402. The van der Waals surface area contributed by atoms with Crippen molar-refractivity contribution >= 4 is 17.6 Å². The van der Waals surface area contributed by atoms with E-state index in [0.29, 0.717) is 22.7 Å². The Hall–Kier alpha value is -3.16. The standard InChI is InChI=1S/C17H19NO7/c1-18-13-12(16(19)23-4)15(17(20)24-5)25-14(13)9-6-7-10(21-2)11(8-9)22-3/h6-8,18H,1-5H3. The Morgan fingerprint density at radius 1 is 0.960 bits per heavy atom. The van der Waals surface area contributed by atoms with E-state index in [1.165, 1.54) is 28.4 Å². The second-order valence-corrected chi connectivity index (χ2v) is 4.81. The van der Waals surface area contributed by atoms with Gasteiger partial charge in [0, 0.05) is 12.6 Å². The SMILES string of the molecule is CNc1c(-c2ccc(OC)c(OC)c2)oc(C(=O)OC)c1C(=O)OC. The van der Waals surface area contributed by atoms with Gasteiger partial charge in [-0.1, -0.05) is 0 Å². The summed E-state index contributed by atoms with van der Waals surface area (Å²) in [7, 11) is 7.03. The minimum Gasteiger partial charge on any atom is -0.493 e. The number of anilines is 1. The summed E-state index contributed by atoms with van der Waals surface area (Å²) < 4.78 is 25.6. The zero-order valence-electron chi connectivity index (χ0n) is 14.6. The summed E-state index contributed by atoms with van der Waals surface area (Å²) in [5.41, 5.74) is 0.836. The molecule has 2 aromatic rings. The van der Waals surface area contributed by atoms with E-state index in [9.17, 15) is 9.59 Å². The number of benzene rings is 1. The molecule has 0 atom stereocenters. The molecule has 0 radical (unpaired) electrons. The van der Waals surface area contributed by atoms with Crippen LogP contribution in [0, 0.1) is 0 Å². The van der Waals surface area contributed by atoms with Gasteiger partial charge in [-0.05, 0) is 18.2 Å². The number of furan rings is 1. The van der Waals surface area contributed by atoms with Crippen molar-refractivity contribution in [3.8, 4) is 22.8 Å². The molecule has 0 aliphatic carbocycles. The van der Waals surface area contributed by atoms with E-state index in [1.807, 2.05) is 0 Å². The molecule has 0 bridgehead atoms. The van der Waals surface area contributed by atoms with Crippen molar-refractivity contribution in [3.63, 3.8) is 0 Å². The fourth-order valence-corrected chi connectivity index (χ4v) is 2.38. The topological polar surface area (TPSA) is 96.2 Å². The monoisotopic (exact) mass is 349 g/mol. The van der Waals surface area contributed by atoms with E-state index in [1.54, 1.807) is 25.2 Å². The van der Waals surface area contributed by atoms with E-state index in [0.717, 1.165) is 0 Å². The summed E-state index contributed by atoms with van der Waals surface area (Å²) in [5.74, 6) is -0.487. The third kappa shape index (κ3) is 3.23. The number of ether oxygens (including phenoxy) is 4. The van der Waals surface area contributed by atoms with Crippen LogP contribution in [0.25, 0.3) is 11.3 Å². The Balaban J connectivity index is 2.71. The van der Waals surface area contributed by atoms with Crippen molar-refractivity contribution in [2.45, 2.75) is 0 Å². The maximum Gasteiger partial charge on any atom is 0.374 e. The largest absolute Gasteiger partial charge is 0.493 e. The van der Waals surface area contributed by atoms with Crippen molar-refractivity contribution in [1.29, 1.82) is 0 Å². The molecule has 2 rings (SSSR count). The van der Waals surface area contributed by atoms with Crippen molar-refractivity contribution in [1.82, 2.24) is 0 Å². The molecular formula is C17H19NO7. The Labute approximate surface area is 144 Å². The Morgan fingerprint density at radius 3 is 2.12 bits per heavy atom. The van der Waals surface area contributed by atoms with Crippen molar-refractivity contribution < 1.29 is 33.0 Å². The first-order valence-corrected chi connectivity index (χ1v) is 7.25. The fraction of sp³-hybridized carbons (Fsp3) is 0.294. The number of esters is 2.